The summed E-state index contributed by atoms with van der Waals surface area (Å²) in [7, 11) is 1.91. The molecule has 0 saturated carbocycles. The molecule has 1 aliphatic rings. The Balaban J connectivity index is 1.64. The first kappa shape index (κ1) is 14.4. The van der Waals surface area contributed by atoms with Crippen LogP contribution in [0.1, 0.15) is 23.2 Å². The Bertz CT molecular complexity index is 666. The molecule has 0 radical (unpaired) electrons. The smallest absolute Gasteiger partial charge is 0.251 e. The van der Waals surface area contributed by atoms with E-state index in [4.69, 9.17) is 5.73 Å². The highest BCUT2D eigenvalue weighted by molar-refractivity contribution is 5.95. The number of hydrogen-bond donors (Lipinski definition) is 2. The number of amides is 1. The van der Waals surface area contributed by atoms with Crippen molar-refractivity contribution in [3.63, 3.8) is 0 Å². The first-order chi connectivity index (χ1) is 10.6. The number of nitrogens with zero attached hydrogens (tertiary/aromatic N) is 3. The molecule has 3 rings (SSSR count). The average Bonchev–Trinajstić information content (AvgIpc) is 2.94. The first-order valence-electron chi connectivity index (χ1n) is 7.52. The number of piperidine rings is 1. The number of nitrogen functional groups attached to an aromatic ring is 1. The van der Waals surface area contributed by atoms with E-state index in [1.807, 2.05) is 19.4 Å². The SMILES string of the molecule is Cn1cc(N2CCCC(NC(=O)c3cccc(N)c3)C2)cn1. The van der Waals surface area contributed by atoms with E-state index in [0.717, 1.165) is 31.6 Å². The number of benzene rings is 1. The summed E-state index contributed by atoms with van der Waals surface area (Å²) in [6.07, 6.45) is 5.91. The Morgan fingerprint density at radius 2 is 2.32 bits per heavy atom. The predicted molar refractivity (Wildman–Crippen MR) is 86.8 cm³/mol. The van der Waals surface area contributed by atoms with Gasteiger partial charge in [0.1, 0.15) is 0 Å². The molecule has 0 spiro atoms. The fourth-order valence-electron chi connectivity index (χ4n) is 2.85. The number of aromatic nitrogens is 2. The molecule has 1 atom stereocenters. The zero-order valence-electron chi connectivity index (χ0n) is 12.7. The van der Waals surface area contributed by atoms with E-state index >= 15 is 0 Å². The lowest BCUT2D eigenvalue weighted by Gasteiger charge is -2.33. The molecule has 1 aliphatic heterocycles. The Morgan fingerprint density at radius 3 is 3.05 bits per heavy atom. The van der Waals surface area contributed by atoms with Gasteiger partial charge in [-0.05, 0) is 31.0 Å². The van der Waals surface area contributed by atoms with Crippen LogP contribution in [0, 0.1) is 0 Å². The van der Waals surface area contributed by atoms with E-state index in [9.17, 15) is 4.79 Å². The summed E-state index contributed by atoms with van der Waals surface area (Å²) in [5.74, 6) is -0.0645. The molecule has 22 heavy (non-hydrogen) atoms. The standard InChI is InChI=1S/C16H21N5O/c1-20-11-15(9-18-20)21-7-3-6-14(10-21)19-16(22)12-4-2-5-13(17)8-12/h2,4-5,8-9,11,14H,3,6-7,10,17H2,1H3,(H,19,22). The number of carbonyl (C=O) groups excluding carboxylic acids is 1. The van der Waals surface area contributed by atoms with E-state index < -0.39 is 0 Å². The van der Waals surface area contributed by atoms with Gasteiger partial charge >= 0.3 is 0 Å². The minimum Gasteiger partial charge on any atom is -0.399 e. The maximum absolute atomic E-state index is 12.3. The molecule has 1 saturated heterocycles. The second-order valence-electron chi connectivity index (χ2n) is 5.76. The van der Waals surface area contributed by atoms with Crippen LogP contribution in [0.15, 0.2) is 36.7 Å². The van der Waals surface area contributed by atoms with Crippen LogP contribution in [0.5, 0.6) is 0 Å². The zero-order chi connectivity index (χ0) is 15.5. The lowest BCUT2D eigenvalue weighted by Crippen LogP contribution is -2.47. The fraction of sp³-hybridized carbons (Fsp3) is 0.375. The number of nitrogens with two attached hydrogens (primary N) is 1. The van der Waals surface area contributed by atoms with Gasteiger partial charge in [-0.3, -0.25) is 9.48 Å². The van der Waals surface area contributed by atoms with Gasteiger partial charge in [0.25, 0.3) is 5.91 Å². The molecule has 1 fully saturated rings. The Morgan fingerprint density at radius 1 is 1.45 bits per heavy atom. The summed E-state index contributed by atoms with van der Waals surface area (Å²) in [6, 6.07) is 7.21. The number of hydrogen-bond acceptors (Lipinski definition) is 4. The normalized spacial score (nSPS) is 18.2. The maximum Gasteiger partial charge on any atom is 0.251 e. The summed E-state index contributed by atoms with van der Waals surface area (Å²) in [4.78, 5) is 14.6. The van der Waals surface area contributed by atoms with E-state index in [0.29, 0.717) is 11.3 Å². The third-order valence-electron chi connectivity index (χ3n) is 3.96. The number of anilines is 2. The summed E-state index contributed by atoms with van der Waals surface area (Å²) < 4.78 is 1.80. The summed E-state index contributed by atoms with van der Waals surface area (Å²) in [6.45, 7) is 1.80. The van der Waals surface area contributed by atoms with Crippen LogP contribution in [0.3, 0.4) is 0 Å². The monoisotopic (exact) mass is 299 g/mol. The molecule has 3 N–H and O–H groups in total. The van der Waals surface area contributed by atoms with Crippen LogP contribution in [-0.2, 0) is 7.05 Å². The van der Waals surface area contributed by atoms with Gasteiger partial charge < -0.3 is 16.0 Å². The highest BCUT2D eigenvalue weighted by atomic mass is 16.1. The van der Waals surface area contributed by atoms with Crippen molar-refractivity contribution < 1.29 is 4.79 Å². The van der Waals surface area contributed by atoms with Crippen LogP contribution < -0.4 is 16.0 Å². The Labute approximate surface area is 129 Å². The molecule has 6 nitrogen and oxygen atoms in total. The minimum absolute atomic E-state index is 0.0645. The van der Waals surface area contributed by atoms with Gasteiger partial charge in [0.05, 0.1) is 11.9 Å². The van der Waals surface area contributed by atoms with Crippen LogP contribution in [0.25, 0.3) is 0 Å². The largest absolute Gasteiger partial charge is 0.399 e. The van der Waals surface area contributed by atoms with Crippen molar-refractivity contribution in [2.45, 2.75) is 18.9 Å². The van der Waals surface area contributed by atoms with Crippen molar-refractivity contribution in [1.29, 1.82) is 0 Å². The van der Waals surface area contributed by atoms with Gasteiger partial charge in [-0.1, -0.05) is 6.07 Å². The zero-order valence-corrected chi connectivity index (χ0v) is 12.7. The highest BCUT2D eigenvalue weighted by Gasteiger charge is 2.22. The minimum atomic E-state index is -0.0645. The molecule has 0 aliphatic carbocycles. The quantitative estimate of drug-likeness (QED) is 0.840. The Hall–Kier alpha value is -2.50. The molecule has 0 bridgehead atoms. The molecular weight excluding hydrogens is 278 g/mol. The van der Waals surface area contributed by atoms with Crippen molar-refractivity contribution in [3.8, 4) is 0 Å². The van der Waals surface area contributed by atoms with Crippen LogP contribution in [0.4, 0.5) is 11.4 Å². The van der Waals surface area contributed by atoms with Crippen LogP contribution in [0.2, 0.25) is 0 Å². The van der Waals surface area contributed by atoms with E-state index in [-0.39, 0.29) is 11.9 Å². The number of aryl methyl sites for hydroxylation is 1. The third-order valence-corrected chi connectivity index (χ3v) is 3.96. The van der Waals surface area contributed by atoms with Crippen molar-refractivity contribution in [2.75, 3.05) is 23.7 Å². The second kappa shape index (κ2) is 6.09. The first-order valence-corrected chi connectivity index (χ1v) is 7.52. The fourth-order valence-corrected chi connectivity index (χ4v) is 2.85. The molecular formula is C16H21N5O. The van der Waals surface area contributed by atoms with Crippen LogP contribution in [-0.4, -0.2) is 34.8 Å². The average molecular weight is 299 g/mol. The number of nitrogens with one attached hydrogen (secondary N) is 1. The molecule has 1 unspecified atom stereocenters. The lowest BCUT2D eigenvalue weighted by atomic mass is 10.0. The third kappa shape index (κ3) is 3.21. The second-order valence-corrected chi connectivity index (χ2v) is 5.76. The van der Waals surface area contributed by atoms with Crippen LogP contribution >= 0.6 is 0 Å². The van der Waals surface area contributed by atoms with E-state index in [1.54, 1.807) is 28.9 Å². The van der Waals surface area contributed by atoms with Crippen molar-refractivity contribution in [2.24, 2.45) is 7.05 Å². The molecule has 1 amide bonds. The predicted octanol–water partition coefficient (Wildman–Crippen LogP) is 1.40. The summed E-state index contributed by atoms with van der Waals surface area (Å²) >= 11 is 0. The molecule has 116 valence electrons. The molecule has 1 aromatic carbocycles. The number of carbonyl (C=O) groups is 1. The van der Waals surface area contributed by atoms with Gasteiger partial charge in [-0.25, -0.2) is 0 Å². The van der Waals surface area contributed by atoms with E-state index in [2.05, 4.69) is 15.3 Å². The molecule has 2 aromatic rings. The van der Waals surface area contributed by atoms with E-state index in [1.165, 1.54) is 0 Å². The lowest BCUT2D eigenvalue weighted by molar-refractivity contribution is 0.0933. The topological polar surface area (TPSA) is 76.2 Å². The van der Waals surface area contributed by atoms with Gasteiger partial charge in [0.2, 0.25) is 0 Å². The summed E-state index contributed by atoms with van der Waals surface area (Å²) in [5, 5.41) is 7.31. The molecule has 1 aromatic heterocycles. The van der Waals surface area contributed by atoms with Crippen molar-refractivity contribution >= 4 is 17.3 Å². The maximum atomic E-state index is 12.3. The van der Waals surface area contributed by atoms with Gasteiger partial charge in [-0.2, -0.15) is 5.10 Å². The summed E-state index contributed by atoms with van der Waals surface area (Å²) in [5.41, 5.74) is 8.05. The highest BCUT2D eigenvalue weighted by Crippen LogP contribution is 2.19. The van der Waals surface area contributed by atoms with Crippen molar-refractivity contribution in [1.82, 2.24) is 15.1 Å². The van der Waals surface area contributed by atoms with Gasteiger partial charge in [0, 0.05) is 43.6 Å². The van der Waals surface area contributed by atoms with Crippen molar-refractivity contribution in [3.05, 3.63) is 42.2 Å². The van der Waals surface area contributed by atoms with Gasteiger partial charge in [-0.15, -0.1) is 0 Å². The molecule has 6 heteroatoms. The van der Waals surface area contributed by atoms with Gasteiger partial charge in [0.15, 0.2) is 0 Å². The number of rotatable bonds is 3. The molecule has 2 heterocycles. The Kier molecular flexibility index (Phi) is 4.00.